The van der Waals surface area contributed by atoms with Gasteiger partial charge in [0.05, 0.1) is 19.8 Å². The van der Waals surface area contributed by atoms with Gasteiger partial charge in [0.1, 0.15) is 19.6 Å². The summed E-state index contributed by atoms with van der Waals surface area (Å²) in [5.41, 5.74) is 1.29. The summed E-state index contributed by atoms with van der Waals surface area (Å²) in [6.45, 7) is 6.05. The quantitative estimate of drug-likeness (QED) is 0.310. The Kier molecular flexibility index (Phi) is 17.1. The molecule has 0 atom stereocenters. The van der Waals surface area contributed by atoms with Gasteiger partial charge in [0.15, 0.2) is 0 Å². The molecule has 3 nitrogen and oxygen atoms in total. The molecule has 0 amide bonds. The minimum atomic E-state index is 0. The zero-order valence-corrected chi connectivity index (χ0v) is 18.2. The van der Waals surface area contributed by atoms with E-state index in [1.54, 1.807) is 0 Å². The fourth-order valence-electron chi connectivity index (χ4n) is 3.90. The molecule has 0 aliphatic rings. The van der Waals surface area contributed by atoms with E-state index in [1.807, 2.05) is 6.07 Å². The molecular weight excluding hydrogens is 358 g/mol. The maximum atomic E-state index is 9.57. The average molecular weight is 400 g/mol. The molecule has 0 saturated carbocycles. The van der Waals surface area contributed by atoms with Gasteiger partial charge in [-0.1, -0.05) is 88.6 Å². The lowest BCUT2D eigenvalue weighted by Gasteiger charge is -2.38. The molecule has 0 aliphatic heterocycles. The predicted molar refractivity (Wildman–Crippen MR) is 111 cm³/mol. The smallest absolute Gasteiger partial charge is 0.104 e. The monoisotopic (exact) mass is 399 g/mol. The zero-order chi connectivity index (χ0) is 18.9. The molecule has 27 heavy (non-hydrogen) atoms. The van der Waals surface area contributed by atoms with Gasteiger partial charge in [-0.3, -0.25) is 0 Å². The number of aliphatic hydroxyl groups is 2. The number of halogens is 1. The molecule has 1 rings (SSSR count). The Morgan fingerprint density at radius 1 is 0.667 bits per heavy atom. The summed E-state index contributed by atoms with van der Waals surface area (Å²) in [4.78, 5) is 0. The number of benzene rings is 1. The predicted octanol–water partition coefficient (Wildman–Crippen LogP) is 1.91. The maximum absolute atomic E-state index is 9.57. The van der Waals surface area contributed by atoms with Crippen LogP contribution in [0.1, 0.15) is 76.7 Å². The van der Waals surface area contributed by atoms with Crippen molar-refractivity contribution in [3.05, 3.63) is 35.9 Å². The lowest BCUT2D eigenvalue weighted by Crippen LogP contribution is -3.00. The highest BCUT2D eigenvalue weighted by molar-refractivity contribution is 5.13. The zero-order valence-electron chi connectivity index (χ0n) is 17.4. The van der Waals surface area contributed by atoms with Crippen molar-refractivity contribution in [3.63, 3.8) is 0 Å². The summed E-state index contributed by atoms with van der Waals surface area (Å²) in [6.07, 6.45) is 13.4. The van der Waals surface area contributed by atoms with Crippen LogP contribution in [0.5, 0.6) is 0 Å². The number of quaternary nitrogens is 1. The second-order valence-corrected chi connectivity index (χ2v) is 7.79. The van der Waals surface area contributed by atoms with E-state index in [0.717, 1.165) is 30.7 Å². The molecule has 1 aromatic rings. The van der Waals surface area contributed by atoms with Gasteiger partial charge in [-0.25, -0.2) is 0 Å². The average Bonchev–Trinajstić information content (AvgIpc) is 2.64. The van der Waals surface area contributed by atoms with E-state index in [1.165, 1.54) is 69.8 Å². The number of aliphatic hydroxyl groups excluding tert-OH is 2. The third-order valence-electron chi connectivity index (χ3n) is 5.50. The molecular formula is C23H42ClNO2. The van der Waals surface area contributed by atoms with Crippen LogP contribution in [0.3, 0.4) is 0 Å². The van der Waals surface area contributed by atoms with Crippen molar-refractivity contribution in [3.8, 4) is 0 Å². The lowest BCUT2D eigenvalue weighted by molar-refractivity contribution is -0.941. The van der Waals surface area contributed by atoms with E-state index in [0.29, 0.717) is 0 Å². The van der Waals surface area contributed by atoms with E-state index in [2.05, 4.69) is 31.2 Å². The van der Waals surface area contributed by atoms with Gasteiger partial charge in [-0.05, 0) is 12.8 Å². The molecule has 1 aromatic carbocycles. The van der Waals surface area contributed by atoms with Crippen LogP contribution in [0.25, 0.3) is 0 Å². The van der Waals surface area contributed by atoms with Crippen molar-refractivity contribution in [2.24, 2.45) is 0 Å². The molecule has 0 unspecified atom stereocenters. The summed E-state index contributed by atoms with van der Waals surface area (Å²) in [5.74, 6) is 0. The topological polar surface area (TPSA) is 40.5 Å². The van der Waals surface area contributed by atoms with Crippen molar-refractivity contribution in [2.45, 2.75) is 77.7 Å². The van der Waals surface area contributed by atoms with Crippen LogP contribution < -0.4 is 12.4 Å². The number of hydrogen-bond donors (Lipinski definition) is 2. The Bertz CT molecular complexity index is 422. The molecule has 0 spiro atoms. The first kappa shape index (κ1) is 26.4. The van der Waals surface area contributed by atoms with Crippen LogP contribution in [0.2, 0.25) is 0 Å². The Hall–Kier alpha value is -0.610. The maximum Gasteiger partial charge on any atom is 0.104 e. The molecule has 0 fully saturated rings. The second-order valence-electron chi connectivity index (χ2n) is 7.79. The van der Waals surface area contributed by atoms with Crippen molar-refractivity contribution in [1.29, 1.82) is 0 Å². The fourth-order valence-corrected chi connectivity index (χ4v) is 3.90. The van der Waals surface area contributed by atoms with Crippen LogP contribution in [0.4, 0.5) is 0 Å². The lowest BCUT2D eigenvalue weighted by atomic mass is 10.1. The van der Waals surface area contributed by atoms with Crippen LogP contribution in [0, 0.1) is 0 Å². The van der Waals surface area contributed by atoms with Crippen molar-refractivity contribution < 1.29 is 27.1 Å². The summed E-state index contributed by atoms with van der Waals surface area (Å²) >= 11 is 0. The minimum absolute atomic E-state index is 0. The SMILES string of the molecule is CCCCCCCCCCCC[N+](CCO)(CCO)Cc1ccccc1.[Cl-]. The van der Waals surface area contributed by atoms with Gasteiger partial charge in [0.2, 0.25) is 0 Å². The third-order valence-corrected chi connectivity index (χ3v) is 5.50. The first-order chi connectivity index (χ1) is 12.8. The van der Waals surface area contributed by atoms with Crippen LogP contribution in [-0.4, -0.2) is 47.5 Å². The van der Waals surface area contributed by atoms with Crippen LogP contribution in [0.15, 0.2) is 30.3 Å². The number of hydrogen-bond acceptors (Lipinski definition) is 2. The standard InChI is InChI=1S/C23H42NO2.ClH/c1-2-3-4-5-6-7-8-9-10-14-17-24(18-20-25,19-21-26)22-23-15-12-11-13-16-23;/h11-13,15-16,25-26H,2-10,14,17-22H2,1H3;1H/q+1;/p-1. The number of rotatable bonds is 17. The molecule has 0 heterocycles. The summed E-state index contributed by atoms with van der Waals surface area (Å²) in [7, 11) is 0. The highest BCUT2D eigenvalue weighted by atomic mass is 35.5. The van der Waals surface area contributed by atoms with Gasteiger partial charge in [0.25, 0.3) is 0 Å². The first-order valence-corrected chi connectivity index (χ1v) is 10.9. The summed E-state index contributed by atoms with van der Waals surface area (Å²) in [5, 5.41) is 19.1. The van der Waals surface area contributed by atoms with Gasteiger partial charge < -0.3 is 27.1 Å². The van der Waals surface area contributed by atoms with Crippen molar-refractivity contribution in [1.82, 2.24) is 0 Å². The van der Waals surface area contributed by atoms with Gasteiger partial charge in [0, 0.05) is 5.56 Å². The second kappa shape index (κ2) is 17.5. The van der Waals surface area contributed by atoms with Crippen LogP contribution in [-0.2, 0) is 6.54 Å². The molecule has 0 radical (unpaired) electrons. The molecule has 0 saturated heterocycles. The summed E-state index contributed by atoms with van der Waals surface area (Å²) < 4.78 is 0.800. The van der Waals surface area contributed by atoms with E-state index >= 15 is 0 Å². The van der Waals surface area contributed by atoms with E-state index < -0.39 is 0 Å². The Balaban J connectivity index is 0.00000676. The Labute approximate surface area is 173 Å². The van der Waals surface area contributed by atoms with Crippen molar-refractivity contribution >= 4 is 0 Å². The number of nitrogens with zero attached hydrogens (tertiary/aromatic N) is 1. The third kappa shape index (κ3) is 12.5. The Morgan fingerprint density at radius 2 is 1.15 bits per heavy atom. The minimum Gasteiger partial charge on any atom is -1.00 e. The molecule has 2 N–H and O–H groups in total. The fraction of sp³-hybridized carbons (Fsp3) is 0.739. The molecule has 0 aromatic heterocycles. The van der Waals surface area contributed by atoms with E-state index in [4.69, 9.17) is 0 Å². The van der Waals surface area contributed by atoms with Gasteiger partial charge >= 0.3 is 0 Å². The van der Waals surface area contributed by atoms with E-state index in [9.17, 15) is 10.2 Å². The highest BCUT2D eigenvalue weighted by Crippen LogP contribution is 2.18. The van der Waals surface area contributed by atoms with E-state index in [-0.39, 0.29) is 25.6 Å². The van der Waals surface area contributed by atoms with Crippen LogP contribution >= 0.6 is 0 Å². The molecule has 158 valence electrons. The highest BCUT2D eigenvalue weighted by Gasteiger charge is 2.26. The summed E-state index contributed by atoms with van der Waals surface area (Å²) in [6, 6.07) is 10.5. The molecule has 0 bridgehead atoms. The van der Waals surface area contributed by atoms with Crippen molar-refractivity contribution in [2.75, 3.05) is 32.8 Å². The Morgan fingerprint density at radius 3 is 1.63 bits per heavy atom. The molecule has 4 heteroatoms. The van der Waals surface area contributed by atoms with Gasteiger partial charge in [-0.2, -0.15) is 0 Å². The largest absolute Gasteiger partial charge is 1.00 e. The normalized spacial score (nSPS) is 11.4. The first-order valence-electron chi connectivity index (χ1n) is 10.9. The van der Waals surface area contributed by atoms with Gasteiger partial charge in [-0.15, -0.1) is 0 Å². The molecule has 0 aliphatic carbocycles. The number of unbranched alkanes of at least 4 members (excludes halogenated alkanes) is 9.